The first-order valence-corrected chi connectivity index (χ1v) is 6.06. The van der Waals surface area contributed by atoms with Crippen LogP contribution in [0.3, 0.4) is 0 Å². The fourth-order valence-corrected chi connectivity index (χ4v) is 3.36. The standard InChI is InChI=1S/C9H11.2ClH.Hf/c1-2-5-9-7-3-6-8(9)4-1;;;/h3,6-7H,1-2,4-5H2;2*1H;. The Morgan fingerprint density at radius 3 is 2.50 bits per heavy atom. The molecule has 3 heteroatoms. The van der Waals surface area contributed by atoms with E-state index in [9.17, 15) is 0 Å². The number of allylic oxidation sites excluding steroid dienone is 4. The van der Waals surface area contributed by atoms with Crippen molar-refractivity contribution in [2.75, 3.05) is 0 Å². The molecule has 0 radical (unpaired) electrons. The molecule has 0 aromatic rings. The van der Waals surface area contributed by atoms with Crippen molar-refractivity contribution in [3.8, 4) is 0 Å². The minimum absolute atomic E-state index is 0. The van der Waals surface area contributed by atoms with Gasteiger partial charge in [-0.1, -0.05) is 0 Å². The summed E-state index contributed by atoms with van der Waals surface area (Å²) in [5.74, 6) is 0. The van der Waals surface area contributed by atoms with Gasteiger partial charge >= 0.3 is 77.0 Å². The van der Waals surface area contributed by atoms with Crippen LogP contribution in [-0.2, 0) is 24.4 Å². The van der Waals surface area contributed by atoms with E-state index in [1.54, 1.807) is 11.1 Å². The quantitative estimate of drug-likeness (QED) is 0.572. The Morgan fingerprint density at radius 2 is 1.83 bits per heavy atom. The summed E-state index contributed by atoms with van der Waals surface area (Å²) in [4.78, 5) is 0. The molecule has 0 bridgehead atoms. The predicted molar refractivity (Wildman–Crippen MR) is 52.9 cm³/mol. The summed E-state index contributed by atoms with van der Waals surface area (Å²) in [6, 6.07) is 0. The second-order valence-electron chi connectivity index (χ2n) is 3.09. The van der Waals surface area contributed by atoms with E-state index in [2.05, 4.69) is 12.2 Å². The molecule has 2 rings (SSSR count). The Hall–Kier alpha value is 0.930. The average Bonchev–Trinajstić information content (AvgIpc) is 2.34. The zero-order valence-electron chi connectivity index (χ0n) is 6.88. The fourth-order valence-electron chi connectivity index (χ4n) is 1.83. The van der Waals surface area contributed by atoms with Gasteiger partial charge in [0.15, 0.2) is 0 Å². The van der Waals surface area contributed by atoms with E-state index in [-0.39, 0.29) is 24.8 Å². The van der Waals surface area contributed by atoms with Gasteiger partial charge in [-0.2, -0.15) is 0 Å². The second-order valence-corrected chi connectivity index (χ2v) is 5.33. The molecule has 0 aliphatic heterocycles. The van der Waals surface area contributed by atoms with Gasteiger partial charge < -0.3 is 0 Å². The molecular formula is C9H13Cl2Hf. The van der Waals surface area contributed by atoms with Crippen LogP contribution in [-0.4, -0.2) is 0 Å². The van der Waals surface area contributed by atoms with Crippen molar-refractivity contribution < 1.29 is 24.4 Å². The van der Waals surface area contributed by atoms with Crippen LogP contribution in [0.25, 0.3) is 0 Å². The van der Waals surface area contributed by atoms with Crippen molar-refractivity contribution in [1.29, 1.82) is 0 Å². The van der Waals surface area contributed by atoms with Gasteiger partial charge in [0.25, 0.3) is 0 Å². The van der Waals surface area contributed by atoms with Crippen LogP contribution in [0, 0.1) is 0 Å². The van der Waals surface area contributed by atoms with Gasteiger partial charge in [-0.25, -0.2) is 0 Å². The molecule has 0 spiro atoms. The Bertz CT molecular complexity index is 209. The van der Waals surface area contributed by atoms with Crippen LogP contribution in [0.4, 0.5) is 0 Å². The summed E-state index contributed by atoms with van der Waals surface area (Å²) in [5, 5.41) is 0. The Morgan fingerprint density at radius 1 is 1.17 bits per heavy atom. The first-order valence-electron chi connectivity index (χ1n) is 3.99. The van der Waals surface area contributed by atoms with E-state index in [0.717, 1.165) is 3.67 Å². The van der Waals surface area contributed by atoms with Crippen LogP contribution >= 0.6 is 24.8 Å². The second kappa shape index (κ2) is 5.62. The van der Waals surface area contributed by atoms with Gasteiger partial charge in [-0.3, -0.25) is 0 Å². The minimum atomic E-state index is 0. The summed E-state index contributed by atoms with van der Waals surface area (Å²) in [5.41, 5.74) is 3.48. The first kappa shape index (κ1) is 12.9. The number of hydrogen-bond donors (Lipinski definition) is 0. The maximum absolute atomic E-state index is 2.40. The maximum atomic E-state index is 2.40. The van der Waals surface area contributed by atoms with Crippen LogP contribution in [0.2, 0.25) is 3.67 Å². The predicted octanol–water partition coefficient (Wildman–Crippen LogP) is 3.61. The molecule has 0 aromatic carbocycles. The molecule has 0 fully saturated rings. The van der Waals surface area contributed by atoms with Crippen molar-refractivity contribution in [1.82, 2.24) is 0 Å². The number of halogens is 2. The van der Waals surface area contributed by atoms with Gasteiger partial charge in [0.1, 0.15) is 0 Å². The molecule has 67 valence electrons. The Labute approximate surface area is 101 Å². The van der Waals surface area contributed by atoms with E-state index >= 15 is 0 Å². The Balaban J connectivity index is 0.000000605. The van der Waals surface area contributed by atoms with Gasteiger partial charge in [0, 0.05) is 0 Å². The first-order chi connectivity index (χ1) is 4.88. The van der Waals surface area contributed by atoms with Crippen LogP contribution in [0.15, 0.2) is 23.3 Å². The SMILES string of the molecule is Cl.Cl.[Hf][CH]1C=CC2=C1CCCC2. The summed E-state index contributed by atoms with van der Waals surface area (Å²) in [6.45, 7) is 0. The Kier molecular flexibility index (Phi) is 6.05. The van der Waals surface area contributed by atoms with Crippen LogP contribution < -0.4 is 0 Å². The van der Waals surface area contributed by atoms with Crippen molar-refractivity contribution in [2.24, 2.45) is 0 Å². The van der Waals surface area contributed by atoms with Crippen LogP contribution in [0.1, 0.15) is 25.7 Å². The van der Waals surface area contributed by atoms with E-state index in [0.29, 0.717) is 0 Å². The summed E-state index contributed by atoms with van der Waals surface area (Å²) in [6.07, 6.45) is 10.4. The van der Waals surface area contributed by atoms with E-state index < -0.39 is 0 Å². The normalized spacial score (nSPS) is 25.8. The number of rotatable bonds is 0. The van der Waals surface area contributed by atoms with Crippen molar-refractivity contribution in [2.45, 2.75) is 29.4 Å². The summed E-state index contributed by atoms with van der Waals surface area (Å²) in [7, 11) is 0. The van der Waals surface area contributed by atoms with E-state index in [1.807, 2.05) is 0 Å². The molecule has 1 unspecified atom stereocenters. The molecule has 1 atom stereocenters. The molecule has 0 heterocycles. The molecule has 0 saturated carbocycles. The molecule has 2 aliphatic carbocycles. The van der Waals surface area contributed by atoms with E-state index in [4.69, 9.17) is 0 Å². The van der Waals surface area contributed by atoms with Crippen LogP contribution in [0.5, 0.6) is 0 Å². The van der Waals surface area contributed by atoms with Gasteiger partial charge in [-0.05, 0) is 0 Å². The molecule has 0 amide bonds. The summed E-state index contributed by atoms with van der Waals surface area (Å²) >= 11 is 1.33. The average molecular weight is 371 g/mol. The monoisotopic (exact) mass is 371 g/mol. The molecule has 2 aliphatic rings. The zero-order chi connectivity index (χ0) is 6.97. The van der Waals surface area contributed by atoms with Crippen molar-refractivity contribution >= 4 is 24.8 Å². The van der Waals surface area contributed by atoms with Gasteiger partial charge in [0.05, 0.1) is 0 Å². The summed E-state index contributed by atoms with van der Waals surface area (Å²) < 4.78 is 0.898. The molecule has 0 nitrogen and oxygen atoms in total. The molecule has 12 heavy (non-hydrogen) atoms. The third-order valence-corrected chi connectivity index (χ3v) is 4.36. The van der Waals surface area contributed by atoms with Gasteiger partial charge in [-0.15, -0.1) is 24.8 Å². The van der Waals surface area contributed by atoms with Gasteiger partial charge in [0.2, 0.25) is 0 Å². The van der Waals surface area contributed by atoms with Crippen molar-refractivity contribution in [3.63, 3.8) is 0 Å². The molecular weight excluding hydrogens is 357 g/mol. The molecule has 0 N–H and O–H groups in total. The fraction of sp³-hybridized carbons (Fsp3) is 0.556. The van der Waals surface area contributed by atoms with E-state index in [1.165, 1.54) is 50.1 Å². The third kappa shape index (κ3) is 2.46. The number of hydrogen-bond acceptors (Lipinski definition) is 0. The third-order valence-electron chi connectivity index (χ3n) is 2.42. The van der Waals surface area contributed by atoms with Crippen molar-refractivity contribution in [3.05, 3.63) is 23.3 Å². The molecule has 0 saturated heterocycles. The zero-order valence-corrected chi connectivity index (χ0v) is 12.1. The topological polar surface area (TPSA) is 0 Å². The molecule has 0 aromatic heterocycles.